The minimum absolute atomic E-state index is 0. The number of carbonyl (C=O) groups excluding carboxylic acids is 1. The zero-order valence-electron chi connectivity index (χ0n) is 12.5. The molecule has 1 aliphatic rings. The lowest BCUT2D eigenvalue weighted by Gasteiger charge is -2.20. The molecule has 2 rings (SSSR count). The van der Waals surface area contributed by atoms with Crippen LogP contribution in [-0.2, 0) is 11.0 Å². The van der Waals surface area contributed by atoms with Crippen LogP contribution in [0.1, 0.15) is 25.3 Å². The summed E-state index contributed by atoms with van der Waals surface area (Å²) in [5.74, 6) is -0.0129. The van der Waals surface area contributed by atoms with Crippen LogP contribution in [0.2, 0.25) is 0 Å². The van der Waals surface area contributed by atoms with Gasteiger partial charge in [0, 0.05) is 25.2 Å². The molecule has 1 aromatic heterocycles. The van der Waals surface area contributed by atoms with Crippen molar-refractivity contribution >= 4 is 18.3 Å². The molecule has 0 radical (unpaired) electrons. The van der Waals surface area contributed by atoms with Crippen molar-refractivity contribution in [3.8, 4) is 5.88 Å². The number of hydrogen-bond acceptors (Lipinski definition) is 4. The Bertz CT molecular complexity index is 525. The van der Waals surface area contributed by atoms with Crippen LogP contribution in [0, 0.1) is 0 Å². The lowest BCUT2D eigenvalue weighted by molar-refractivity contribution is -0.138. The summed E-state index contributed by atoms with van der Waals surface area (Å²) in [6.07, 6.45) is -2.80. The van der Waals surface area contributed by atoms with Gasteiger partial charge >= 0.3 is 6.18 Å². The molecule has 1 aliphatic heterocycles. The number of carbonyl (C=O) groups is 1. The van der Waals surface area contributed by atoms with Gasteiger partial charge < -0.3 is 15.4 Å². The van der Waals surface area contributed by atoms with E-state index in [0.717, 1.165) is 12.3 Å². The molecule has 1 aromatic rings. The highest BCUT2D eigenvalue weighted by Gasteiger charge is 2.32. The fourth-order valence-corrected chi connectivity index (χ4v) is 2.22. The summed E-state index contributed by atoms with van der Waals surface area (Å²) >= 11 is 0. The van der Waals surface area contributed by atoms with Crippen LogP contribution in [0.5, 0.6) is 5.88 Å². The van der Waals surface area contributed by atoms with Crippen LogP contribution in [0.3, 0.4) is 0 Å². The molecule has 130 valence electrons. The maximum atomic E-state index is 12.4. The first-order chi connectivity index (χ1) is 10.3. The molecule has 2 N–H and O–H groups in total. The van der Waals surface area contributed by atoms with E-state index in [0.29, 0.717) is 25.9 Å². The number of rotatable bonds is 4. The molecule has 2 heterocycles. The largest absolute Gasteiger partial charge is 0.472 e. The van der Waals surface area contributed by atoms with E-state index in [4.69, 9.17) is 10.5 Å². The van der Waals surface area contributed by atoms with Crippen LogP contribution in [-0.4, -0.2) is 41.0 Å². The summed E-state index contributed by atoms with van der Waals surface area (Å²) in [6, 6.07) is 1.58. The maximum Gasteiger partial charge on any atom is 0.417 e. The topological polar surface area (TPSA) is 68.5 Å². The second kappa shape index (κ2) is 7.83. The van der Waals surface area contributed by atoms with Crippen LogP contribution >= 0.6 is 12.4 Å². The van der Waals surface area contributed by atoms with Crippen molar-refractivity contribution in [2.75, 3.05) is 13.1 Å². The Balaban J connectivity index is 0.00000264. The van der Waals surface area contributed by atoms with E-state index < -0.39 is 17.8 Å². The molecule has 0 aromatic carbocycles. The summed E-state index contributed by atoms with van der Waals surface area (Å²) in [5.41, 5.74) is 4.88. The molecule has 1 saturated heterocycles. The number of hydrogen-bond donors (Lipinski definition) is 1. The predicted octanol–water partition coefficient (Wildman–Crippen LogP) is 2.24. The van der Waals surface area contributed by atoms with Crippen molar-refractivity contribution in [2.24, 2.45) is 5.73 Å². The Morgan fingerprint density at radius 1 is 1.52 bits per heavy atom. The van der Waals surface area contributed by atoms with Gasteiger partial charge in [-0.1, -0.05) is 6.92 Å². The summed E-state index contributed by atoms with van der Waals surface area (Å²) in [5, 5.41) is 0. The number of amides is 1. The Kier molecular flexibility index (Phi) is 6.64. The predicted molar refractivity (Wildman–Crippen MR) is 80.4 cm³/mol. The summed E-state index contributed by atoms with van der Waals surface area (Å²) in [6.45, 7) is 2.73. The van der Waals surface area contributed by atoms with Crippen molar-refractivity contribution in [1.29, 1.82) is 0 Å². The molecule has 5 nitrogen and oxygen atoms in total. The van der Waals surface area contributed by atoms with Crippen LogP contribution in [0.15, 0.2) is 18.3 Å². The van der Waals surface area contributed by atoms with Gasteiger partial charge in [0.2, 0.25) is 11.8 Å². The number of likely N-dealkylation sites (tertiary alicyclic amines) is 1. The smallest absolute Gasteiger partial charge is 0.417 e. The molecule has 0 bridgehead atoms. The summed E-state index contributed by atoms with van der Waals surface area (Å²) in [7, 11) is 0. The van der Waals surface area contributed by atoms with Gasteiger partial charge in [-0.25, -0.2) is 4.98 Å². The molecule has 1 fully saturated rings. The molecule has 9 heteroatoms. The highest BCUT2D eigenvalue weighted by molar-refractivity contribution is 5.85. The first kappa shape index (κ1) is 19.5. The normalized spacial score (nSPS) is 19.2. The lowest BCUT2D eigenvalue weighted by Crippen LogP contribution is -2.42. The monoisotopic (exact) mass is 353 g/mol. The van der Waals surface area contributed by atoms with Crippen LogP contribution < -0.4 is 10.5 Å². The highest BCUT2D eigenvalue weighted by atomic mass is 35.5. The van der Waals surface area contributed by atoms with E-state index in [1.54, 1.807) is 4.90 Å². The number of aromatic nitrogens is 1. The van der Waals surface area contributed by atoms with Gasteiger partial charge in [0.05, 0.1) is 18.2 Å². The van der Waals surface area contributed by atoms with Gasteiger partial charge in [0.15, 0.2) is 0 Å². The molecule has 0 aliphatic carbocycles. The third kappa shape index (κ3) is 4.97. The van der Waals surface area contributed by atoms with Crippen LogP contribution in [0.25, 0.3) is 0 Å². The van der Waals surface area contributed by atoms with Crippen molar-refractivity contribution in [3.05, 3.63) is 23.9 Å². The third-order valence-corrected chi connectivity index (χ3v) is 3.56. The third-order valence-electron chi connectivity index (χ3n) is 3.56. The molecule has 23 heavy (non-hydrogen) atoms. The van der Waals surface area contributed by atoms with Gasteiger partial charge in [-0.15, -0.1) is 12.4 Å². The first-order valence-electron chi connectivity index (χ1n) is 7.05. The summed E-state index contributed by atoms with van der Waals surface area (Å²) < 4.78 is 42.8. The maximum absolute atomic E-state index is 12.4. The molecule has 0 spiro atoms. The van der Waals surface area contributed by atoms with E-state index in [1.807, 2.05) is 6.92 Å². The molecule has 1 amide bonds. The van der Waals surface area contributed by atoms with Crippen molar-refractivity contribution in [1.82, 2.24) is 9.88 Å². The number of alkyl halides is 3. The number of pyridine rings is 1. The van der Waals surface area contributed by atoms with Crippen molar-refractivity contribution < 1.29 is 22.7 Å². The van der Waals surface area contributed by atoms with E-state index >= 15 is 0 Å². The standard InChI is InChI=1S/C14H18F3N3O2.ClH/c1-2-11(18)13(21)20-6-5-10(8-20)22-12-4-3-9(7-19-12)14(15,16)17;/h3-4,7,10-11H,2,5-6,8,18H2,1H3;1H. The average molecular weight is 354 g/mol. The Hall–Kier alpha value is -1.54. The fourth-order valence-electron chi connectivity index (χ4n) is 2.22. The Labute approximate surface area is 138 Å². The average Bonchev–Trinajstić information content (AvgIpc) is 2.93. The fraction of sp³-hybridized carbons (Fsp3) is 0.571. The number of nitrogens with zero attached hydrogens (tertiary/aromatic N) is 2. The zero-order valence-corrected chi connectivity index (χ0v) is 13.4. The number of nitrogens with two attached hydrogens (primary N) is 1. The van der Waals surface area contributed by atoms with Crippen molar-refractivity contribution in [3.63, 3.8) is 0 Å². The summed E-state index contributed by atoms with van der Waals surface area (Å²) in [4.78, 5) is 17.2. The minimum atomic E-state index is -4.42. The van der Waals surface area contributed by atoms with E-state index in [9.17, 15) is 18.0 Å². The van der Waals surface area contributed by atoms with Gasteiger partial charge in [-0.3, -0.25) is 4.79 Å². The van der Waals surface area contributed by atoms with E-state index in [1.165, 1.54) is 6.07 Å². The van der Waals surface area contributed by atoms with Gasteiger partial charge in [0.1, 0.15) is 6.10 Å². The number of halogens is 4. The Morgan fingerprint density at radius 3 is 2.74 bits per heavy atom. The highest BCUT2D eigenvalue weighted by Crippen LogP contribution is 2.29. The van der Waals surface area contributed by atoms with Gasteiger partial charge in [-0.05, 0) is 12.5 Å². The lowest BCUT2D eigenvalue weighted by atomic mass is 10.2. The van der Waals surface area contributed by atoms with Gasteiger partial charge in [-0.2, -0.15) is 13.2 Å². The Morgan fingerprint density at radius 2 is 2.22 bits per heavy atom. The number of ether oxygens (including phenoxy) is 1. The second-order valence-electron chi connectivity index (χ2n) is 5.21. The SMILES string of the molecule is CCC(N)C(=O)N1CCC(Oc2ccc(C(F)(F)F)cn2)C1.Cl. The molecule has 2 atom stereocenters. The van der Waals surface area contributed by atoms with Crippen LogP contribution in [0.4, 0.5) is 13.2 Å². The molecular weight excluding hydrogens is 335 g/mol. The van der Waals surface area contributed by atoms with Gasteiger partial charge in [0.25, 0.3) is 0 Å². The first-order valence-corrected chi connectivity index (χ1v) is 7.05. The second-order valence-corrected chi connectivity index (χ2v) is 5.21. The van der Waals surface area contributed by atoms with E-state index in [-0.39, 0.29) is 30.3 Å². The molecular formula is C14H19ClF3N3O2. The van der Waals surface area contributed by atoms with E-state index in [2.05, 4.69) is 4.98 Å². The van der Waals surface area contributed by atoms with Crippen molar-refractivity contribution in [2.45, 2.75) is 38.1 Å². The minimum Gasteiger partial charge on any atom is -0.472 e. The molecule has 2 unspecified atom stereocenters. The molecule has 0 saturated carbocycles. The quantitative estimate of drug-likeness (QED) is 0.901. The zero-order chi connectivity index (χ0) is 16.3.